The van der Waals surface area contributed by atoms with Gasteiger partial charge in [0, 0.05) is 24.6 Å². The number of rotatable bonds is 7. The number of pyridine rings is 1. The molecule has 1 aliphatic rings. The molecule has 10 heteroatoms. The van der Waals surface area contributed by atoms with Crippen LogP contribution in [0.25, 0.3) is 11.1 Å². The summed E-state index contributed by atoms with van der Waals surface area (Å²) in [5, 5.41) is 12.1. The lowest BCUT2D eigenvalue weighted by molar-refractivity contribution is -0.307. The summed E-state index contributed by atoms with van der Waals surface area (Å²) in [6.07, 6.45) is 1.65. The summed E-state index contributed by atoms with van der Waals surface area (Å²) in [5.41, 5.74) is 2.82. The second-order valence-corrected chi connectivity index (χ2v) is 7.99. The van der Waals surface area contributed by atoms with E-state index in [9.17, 15) is 14.3 Å². The normalized spacial score (nSPS) is 15.1. The molecule has 2 aromatic carbocycles. The van der Waals surface area contributed by atoms with Crippen LogP contribution >= 0.6 is 0 Å². The van der Waals surface area contributed by atoms with Gasteiger partial charge in [-0.3, -0.25) is 4.98 Å². The zero-order valence-electron chi connectivity index (χ0n) is 19.0. The summed E-state index contributed by atoms with van der Waals surface area (Å²) < 4.78 is 36.0. The number of hydrogen-bond acceptors (Lipinski definition) is 9. The van der Waals surface area contributed by atoms with E-state index in [1.165, 1.54) is 30.2 Å². The van der Waals surface area contributed by atoms with Crippen molar-refractivity contribution in [2.24, 2.45) is 0 Å². The van der Waals surface area contributed by atoms with Crippen molar-refractivity contribution in [1.82, 2.24) is 9.97 Å². The molecule has 0 radical (unpaired) electrons. The average Bonchev–Trinajstić information content (AvgIpc) is 3.29. The molecule has 4 aromatic rings. The highest BCUT2D eigenvalue weighted by Crippen LogP contribution is 2.40. The van der Waals surface area contributed by atoms with Gasteiger partial charge in [-0.25, -0.2) is 4.39 Å². The third kappa shape index (κ3) is 4.30. The zero-order valence-corrected chi connectivity index (χ0v) is 19.0. The summed E-state index contributed by atoms with van der Waals surface area (Å²) in [7, 11) is 3.08. The SMILES string of the molecule is COc1ccc(COc2c(OC)ccc3c2C[C@@H](C(=O)[O-])N(c2nc4ccc(F)cc4o2)C3)nc1. The van der Waals surface area contributed by atoms with Crippen molar-refractivity contribution in [3.05, 3.63) is 71.3 Å². The average molecular weight is 478 g/mol. The number of halogens is 1. The van der Waals surface area contributed by atoms with Crippen molar-refractivity contribution < 1.29 is 32.9 Å². The van der Waals surface area contributed by atoms with Crippen LogP contribution < -0.4 is 24.2 Å². The number of methoxy groups -OCH3 is 2. The standard InChI is InChI=1S/C25H22FN3O6/c1-32-17-6-5-16(27-11-17)13-34-23-18-10-20(24(30)31)29(12-14(18)3-8-21(23)33-2)25-28-19-7-4-15(26)9-22(19)35-25/h3-9,11,20H,10,12-13H2,1-2H3,(H,30,31)/p-1/t20-/m0/s1. The Bertz CT molecular complexity index is 1390. The molecular formula is C25H21FN3O6-. The van der Waals surface area contributed by atoms with Crippen LogP contribution in [-0.4, -0.2) is 36.2 Å². The molecule has 0 aliphatic carbocycles. The van der Waals surface area contributed by atoms with Crippen molar-refractivity contribution in [2.45, 2.75) is 25.6 Å². The van der Waals surface area contributed by atoms with E-state index in [-0.39, 0.29) is 31.2 Å². The smallest absolute Gasteiger partial charge is 0.299 e. The van der Waals surface area contributed by atoms with Gasteiger partial charge in [-0.15, -0.1) is 0 Å². The third-order valence-electron chi connectivity index (χ3n) is 5.91. The number of carbonyl (C=O) groups is 1. The number of fused-ring (bicyclic) bond motifs is 2. The predicted molar refractivity (Wildman–Crippen MR) is 121 cm³/mol. The van der Waals surface area contributed by atoms with Gasteiger partial charge in [-0.1, -0.05) is 6.07 Å². The Labute approximate surface area is 199 Å². The highest BCUT2D eigenvalue weighted by Gasteiger charge is 2.33. The molecule has 0 unspecified atom stereocenters. The molecule has 35 heavy (non-hydrogen) atoms. The van der Waals surface area contributed by atoms with Gasteiger partial charge in [0.2, 0.25) is 0 Å². The van der Waals surface area contributed by atoms with Crippen LogP contribution in [0.1, 0.15) is 16.8 Å². The van der Waals surface area contributed by atoms with Gasteiger partial charge < -0.3 is 33.4 Å². The van der Waals surface area contributed by atoms with Crippen LogP contribution in [0.5, 0.6) is 17.2 Å². The van der Waals surface area contributed by atoms with E-state index in [4.69, 9.17) is 18.6 Å². The number of ether oxygens (including phenoxy) is 3. The summed E-state index contributed by atoms with van der Waals surface area (Å²) in [5.74, 6) is -0.230. The molecule has 0 spiro atoms. The summed E-state index contributed by atoms with van der Waals surface area (Å²) in [4.78, 5) is 22.3. The molecule has 0 saturated heterocycles. The molecule has 3 heterocycles. The number of anilines is 1. The van der Waals surface area contributed by atoms with E-state index < -0.39 is 17.8 Å². The Morgan fingerprint density at radius 3 is 2.77 bits per heavy atom. The second-order valence-electron chi connectivity index (χ2n) is 7.99. The highest BCUT2D eigenvalue weighted by atomic mass is 19.1. The van der Waals surface area contributed by atoms with Gasteiger partial charge in [0.1, 0.15) is 23.7 Å². The Morgan fingerprint density at radius 1 is 1.20 bits per heavy atom. The summed E-state index contributed by atoms with van der Waals surface area (Å²) in [6.45, 7) is 0.317. The first-order valence-electron chi connectivity index (χ1n) is 10.8. The minimum atomic E-state index is -1.30. The van der Waals surface area contributed by atoms with Crippen molar-refractivity contribution in [3.63, 3.8) is 0 Å². The Kier molecular flexibility index (Phi) is 5.86. The molecule has 0 bridgehead atoms. The molecular weight excluding hydrogens is 457 g/mol. The fraction of sp³-hybridized carbons (Fsp3) is 0.240. The van der Waals surface area contributed by atoms with Crippen molar-refractivity contribution in [2.75, 3.05) is 19.1 Å². The van der Waals surface area contributed by atoms with Crippen LogP contribution in [-0.2, 0) is 24.4 Å². The number of aromatic nitrogens is 2. The number of aliphatic carboxylic acids is 1. The first-order chi connectivity index (χ1) is 17.0. The van der Waals surface area contributed by atoms with Gasteiger partial charge in [-0.05, 0) is 35.9 Å². The molecule has 9 nitrogen and oxygen atoms in total. The number of carboxylic acid groups (broad SMARTS) is 1. The molecule has 0 saturated carbocycles. The molecule has 0 fully saturated rings. The fourth-order valence-corrected chi connectivity index (χ4v) is 4.12. The topological polar surface area (TPSA) is 110 Å². The van der Waals surface area contributed by atoms with E-state index in [1.807, 2.05) is 6.07 Å². The Hall–Kier alpha value is -4.34. The number of carboxylic acids is 1. The van der Waals surface area contributed by atoms with Crippen LogP contribution in [0, 0.1) is 5.82 Å². The first-order valence-corrected chi connectivity index (χ1v) is 10.8. The van der Waals surface area contributed by atoms with Gasteiger partial charge in [0.25, 0.3) is 6.01 Å². The van der Waals surface area contributed by atoms with Crippen molar-refractivity contribution in [3.8, 4) is 17.2 Å². The van der Waals surface area contributed by atoms with Gasteiger partial charge >= 0.3 is 0 Å². The number of carbonyl (C=O) groups excluding carboxylic acids is 1. The number of oxazole rings is 1. The summed E-state index contributed by atoms with van der Waals surface area (Å²) in [6, 6.07) is 10.1. The lowest BCUT2D eigenvalue weighted by Gasteiger charge is -2.37. The van der Waals surface area contributed by atoms with Gasteiger partial charge in [0.05, 0.1) is 38.1 Å². The molecule has 1 atom stereocenters. The molecule has 2 aromatic heterocycles. The minimum Gasteiger partial charge on any atom is -0.548 e. The monoisotopic (exact) mass is 478 g/mol. The Morgan fingerprint density at radius 2 is 2.06 bits per heavy atom. The molecule has 0 N–H and O–H groups in total. The summed E-state index contributed by atoms with van der Waals surface area (Å²) >= 11 is 0. The minimum absolute atomic E-state index is 0.0628. The highest BCUT2D eigenvalue weighted by molar-refractivity contribution is 5.79. The molecule has 1 aliphatic heterocycles. The van der Waals surface area contributed by atoms with E-state index in [1.54, 1.807) is 31.5 Å². The van der Waals surface area contributed by atoms with E-state index >= 15 is 0 Å². The quantitative estimate of drug-likeness (QED) is 0.396. The number of benzene rings is 2. The predicted octanol–water partition coefficient (Wildman–Crippen LogP) is 2.64. The number of nitrogens with zero attached hydrogens (tertiary/aromatic N) is 3. The van der Waals surface area contributed by atoms with Crippen molar-refractivity contribution >= 4 is 23.1 Å². The maximum atomic E-state index is 13.6. The number of hydrogen-bond donors (Lipinski definition) is 0. The maximum absolute atomic E-state index is 13.6. The molecule has 0 amide bonds. The first kappa shape index (κ1) is 22.5. The second kappa shape index (κ2) is 9.13. The fourth-order valence-electron chi connectivity index (χ4n) is 4.12. The lowest BCUT2D eigenvalue weighted by Crippen LogP contribution is -2.51. The maximum Gasteiger partial charge on any atom is 0.299 e. The van der Waals surface area contributed by atoms with E-state index in [0.717, 1.165) is 5.56 Å². The largest absolute Gasteiger partial charge is 0.548 e. The zero-order chi connectivity index (χ0) is 24.5. The molecule has 180 valence electrons. The van der Waals surface area contributed by atoms with Crippen LogP contribution in [0.2, 0.25) is 0 Å². The van der Waals surface area contributed by atoms with Crippen molar-refractivity contribution in [1.29, 1.82) is 0 Å². The van der Waals surface area contributed by atoms with Gasteiger partial charge in [-0.2, -0.15) is 4.98 Å². The Balaban J connectivity index is 1.48. The molecule has 5 rings (SSSR count). The van der Waals surface area contributed by atoms with Crippen LogP contribution in [0.4, 0.5) is 10.4 Å². The lowest BCUT2D eigenvalue weighted by atomic mass is 9.93. The van der Waals surface area contributed by atoms with E-state index in [2.05, 4.69) is 9.97 Å². The van der Waals surface area contributed by atoms with E-state index in [0.29, 0.717) is 34.0 Å². The van der Waals surface area contributed by atoms with Crippen LogP contribution in [0.3, 0.4) is 0 Å². The van der Waals surface area contributed by atoms with Gasteiger partial charge in [0.15, 0.2) is 17.1 Å². The third-order valence-corrected chi connectivity index (χ3v) is 5.91. The van der Waals surface area contributed by atoms with Crippen LogP contribution in [0.15, 0.2) is 53.1 Å².